The topological polar surface area (TPSA) is 112 Å². The summed E-state index contributed by atoms with van der Waals surface area (Å²) in [5, 5.41) is 31.9. The van der Waals surface area contributed by atoms with Crippen molar-refractivity contribution in [3.8, 4) is 0 Å². The van der Waals surface area contributed by atoms with E-state index in [1.165, 1.54) is 36.8 Å². The molecule has 0 bridgehead atoms. The second-order valence-electron chi connectivity index (χ2n) is 12.2. The van der Waals surface area contributed by atoms with Gasteiger partial charge in [0, 0.05) is 21.7 Å². The Balaban J connectivity index is 0.000000152. The summed E-state index contributed by atoms with van der Waals surface area (Å²) in [6, 6.07) is 40.6. The van der Waals surface area contributed by atoms with Crippen LogP contribution in [-0.4, -0.2) is 33.2 Å². The van der Waals surface area contributed by atoms with Crippen LogP contribution in [0.4, 0.5) is 0 Å². The molecule has 7 aromatic carbocycles. The van der Waals surface area contributed by atoms with Gasteiger partial charge in [-0.15, -0.1) is 0 Å². The second-order valence-corrected chi connectivity index (χ2v) is 12.2. The van der Waals surface area contributed by atoms with E-state index in [0.717, 1.165) is 32.3 Å². The Labute approximate surface area is 312 Å². The van der Waals surface area contributed by atoms with Crippen LogP contribution in [0, 0.1) is 13.8 Å². The van der Waals surface area contributed by atoms with Crippen LogP contribution in [0.5, 0.6) is 0 Å². The minimum Gasteiger partial charge on any atom is -0.478 e. The molecular weight excluding hydrogens is 672 g/mol. The fourth-order valence-corrected chi connectivity index (χ4v) is 6.51. The first-order chi connectivity index (χ1) is 24.2. The van der Waals surface area contributed by atoms with Crippen LogP contribution in [0.3, 0.4) is 0 Å². The predicted octanol–water partition coefficient (Wildman–Crippen LogP) is 10.5. The summed E-state index contributed by atoms with van der Waals surface area (Å²) >= 11 is 0. The van der Waals surface area contributed by atoms with Crippen LogP contribution in [0.25, 0.3) is 32.3 Å². The number of hydrogen-bond donors (Lipinski definition) is 3. The van der Waals surface area contributed by atoms with Crippen molar-refractivity contribution in [3.05, 3.63) is 172 Å². The summed E-state index contributed by atoms with van der Waals surface area (Å²) in [6.45, 7) is 4.49. The van der Waals surface area contributed by atoms with E-state index in [1.54, 1.807) is 47.5 Å². The third-order valence-corrected chi connectivity index (χ3v) is 8.91. The third kappa shape index (κ3) is 9.43. The zero-order chi connectivity index (χ0) is 35.6. The van der Waals surface area contributed by atoms with Gasteiger partial charge in [0.2, 0.25) is 0 Å². The van der Waals surface area contributed by atoms with Gasteiger partial charge in [-0.05, 0) is 50.5 Å². The van der Waals surface area contributed by atoms with Crippen LogP contribution in [-0.2, 0) is 34.6 Å². The average Bonchev–Trinajstić information content (AvgIpc) is 3.44. The number of carboxylic acid groups (broad SMARTS) is 3. The fourth-order valence-electron chi connectivity index (χ4n) is 6.51. The molecular formula is C44H39O6Ti-. The van der Waals surface area contributed by atoms with Gasteiger partial charge in [-0.3, -0.25) is 0 Å². The van der Waals surface area contributed by atoms with Gasteiger partial charge < -0.3 is 15.3 Å². The van der Waals surface area contributed by atoms with Crippen molar-refractivity contribution in [2.75, 3.05) is 0 Å². The Morgan fingerprint density at radius 2 is 0.843 bits per heavy atom. The van der Waals surface area contributed by atoms with Gasteiger partial charge in [0.25, 0.3) is 0 Å². The van der Waals surface area contributed by atoms with E-state index in [9.17, 15) is 14.4 Å². The molecule has 7 aromatic rings. The summed E-state index contributed by atoms with van der Waals surface area (Å²) in [7, 11) is 0. The summed E-state index contributed by atoms with van der Waals surface area (Å²) in [5.41, 5.74) is 7.45. The van der Waals surface area contributed by atoms with Gasteiger partial charge in [-0.25, -0.2) is 14.4 Å². The van der Waals surface area contributed by atoms with E-state index in [4.69, 9.17) is 15.3 Å². The van der Waals surface area contributed by atoms with Crippen molar-refractivity contribution in [2.24, 2.45) is 0 Å². The molecule has 0 atom stereocenters. The summed E-state index contributed by atoms with van der Waals surface area (Å²) in [5.74, 6) is -2.63. The Kier molecular flexibility index (Phi) is 13.5. The quantitative estimate of drug-likeness (QED) is 0.124. The van der Waals surface area contributed by atoms with Crippen molar-refractivity contribution in [2.45, 2.75) is 39.5 Å². The van der Waals surface area contributed by atoms with Gasteiger partial charge in [0.1, 0.15) is 0 Å². The minimum absolute atomic E-state index is 0. The standard InChI is InChI=1S/3C11H8O2.C11H15.Ti/c3*12-11(13)10-7-3-5-8-4-1-2-6-9(8)10;1-8-7-9(2)11-6-4-3-5-10(8)11;/h3*1-7H,(H,12,13);7H,3-6H2,1-2H3;/q;;;-1;. The molecule has 3 N–H and O–H groups in total. The van der Waals surface area contributed by atoms with Gasteiger partial charge in [0.15, 0.2) is 0 Å². The third-order valence-electron chi connectivity index (χ3n) is 8.91. The van der Waals surface area contributed by atoms with E-state index in [1.807, 2.05) is 91.0 Å². The van der Waals surface area contributed by atoms with Crippen molar-refractivity contribution in [1.82, 2.24) is 0 Å². The molecule has 0 aromatic heterocycles. The molecule has 0 amide bonds. The molecule has 0 heterocycles. The maximum atomic E-state index is 10.8. The molecule has 7 heteroatoms. The van der Waals surface area contributed by atoms with Crippen molar-refractivity contribution in [3.63, 3.8) is 0 Å². The minimum atomic E-state index is -0.878. The summed E-state index contributed by atoms with van der Waals surface area (Å²) in [6.07, 6.45) is 5.46. The van der Waals surface area contributed by atoms with Crippen molar-refractivity contribution < 1.29 is 51.4 Å². The average molecular weight is 712 g/mol. The second kappa shape index (κ2) is 18.0. The first kappa shape index (κ1) is 38.4. The zero-order valence-corrected chi connectivity index (χ0v) is 30.2. The van der Waals surface area contributed by atoms with E-state index in [-0.39, 0.29) is 21.7 Å². The molecule has 0 aliphatic heterocycles. The fraction of sp³-hybridized carbons (Fsp3) is 0.136. The number of rotatable bonds is 3. The number of aryl methyl sites for hydroxylation is 2. The summed E-state index contributed by atoms with van der Waals surface area (Å²) in [4.78, 5) is 32.4. The zero-order valence-electron chi connectivity index (χ0n) is 28.6. The Morgan fingerprint density at radius 3 is 1.20 bits per heavy atom. The molecule has 0 fully saturated rings. The Morgan fingerprint density at radius 1 is 0.510 bits per heavy atom. The number of aromatic carboxylic acids is 3. The predicted molar refractivity (Wildman–Crippen MR) is 201 cm³/mol. The Bertz CT molecular complexity index is 2050. The van der Waals surface area contributed by atoms with Gasteiger partial charge in [-0.1, -0.05) is 149 Å². The maximum Gasteiger partial charge on any atom is 0.336 e. The van der Waals surface area contributed by atoms with Gasteiger partial charge in [-0.2, -0.15) is 28.3 Å². The van der Waals surface area contributed by atoms with E-state index in [2.05, 4.69) is 19.9 Å². The van der Waals surface area contributed by atoms with Crippen molar-refractivity contribution >= 4 is 50.2 Å². The number of carbonyl (C=O) groups is 3. The van der Waals surface area contributed by atoms with Gasteiger partial charge in [0.05, 0.1) is 16.7 Å². The molecule has 51 heavy (non-hydrogen) atoms. The molecule has 0 saturated heterocycles. The Hall–Kier alpha value is -5.43. The van der Waals surface area contributed by atoms with Crippen molar-refractivity contribution in [1.29, 1.82) is 0 Å². The van der Waals surface area contributed by atoms with Gasteiger partial charge >= 0.3 is 17.9 Å². The van der Waals surface area contributed by atoms with E-state index >= 15 is 0 Å². The van der Waals surface area contributed by atoms with E-state index in [0.29, 0.717) is 16.7 Å². The molecule has 256 valence electrons. The molecule has 0 spiro atoms. The largest absolute Gasteiger partial charge is 0.478 e. The molecule has 1 aliphatic carbocycles. The van der Waals surface area contributed by atoms with Crippen LogP contribution in [0.2, 0.25) is 0 Å². The van der Waals surface area contributed by atoms with E-state index < -0.39 is 17.9 Å². The van der Waals surface area contributed by atoms with Crippen LogP contribution in [0.15, 0.2) is 133 Å². The number of fused-ring (bicyclic) bond motifs is 4. The molecule has 0 radical (unpaired) electrons. The maximum absolute atomic E-state index is 10.8. The first-order valence-electron chi connectivity index (χ1n) is 16.5. The monoisotopic (exact) mass is 711 g/mol. The number of carboxylic acids is 3. The molecule has 1 aliphatic rings. The SMILES string of the molecule is Cc1c[c-](C)c2c1CCCC2.O=C(O)c1cccc2ccccc12.O=C(O)c1cccc2ccccc12.O=C(O)c1cccc2ccccc12.[Ti]. The molecule has 8 rings (SSSR count). The first-order valence-corrected chi connectivity index (χ1v) is 16.5. The summed E-state index contributed by atoms with van der Waals surface area (Å²) < 4.78 is 0. The van der Waals surface area contributed by atoms with Crippen LogP contribution in [0.1, 0.15) is 66.2 Å². The molecule has 0 unspecified atom stereocenters. The van der Waals surface area contributed by atoms with Crippen LogP contribution < -0.4 is 0 Å². The normalized spacial score (nSPS) is 11.3. The van der Waals surface area contributed by atoms with Crippen LogP contribution >= 0.6 is 0 Å². The smallest absolute Gasteiger partial charge is 0.336 e. The molecule has 6 nitrogen and oxygen atoms in total. The molecule has 0 saturated carbocycles. The number of benzene rings is 6. The number of hydrogen-bond acceptors (Lipinski definition) is 3.